The monoisotopic (exact) mass is 402 g/mol. The van der Waals surface area contributed by atoms with Crippen molar-refractivity contribution in [1.29, 1.82) is 0 Å². The van der Waals surface area contributed by atoms with Crippen LogP contribution in [0.25, 0.3) is 22.1 Å². The van der Waals surface area contributed by atoms with Crippen LogP contribution in [-0.4, -0.2) is 56.7 Å². The van der Waals surface area contributed by atoms with Gasteiger partial charge in [0.1, 0.15) is 52.8 Å². The first-order valence-corrected chi connectivity index (χ1v) is 8.76. The van der Waals surface area contributed by atoms with Crippen LogP contribution < -0.4 is 10.2 Å². The summed E-state index contributed by atoms with van der Waals surface area (Å²) in [4.78, 5) is 12.8. The van der Waals surface area contributed by atoms with Crippen molar-refractivity contribution in [2.24, 2.45) is 0 Å². The first-order valence-electron chi connectivity index (χ1n) is 8.76. The van der Waals surface area contributed by atoms with E-state index in [-0.39, 0.29) is 28.0 Å². The Morgan fingerprint density at radius 2 is 1.76 bits per heavy atom. The summed E-state index contributed by atoms with van der Waals surface area (Å²) < 4.78 is 16.2. The van der Waals surface area contributed by atoms with Crippen LogP contribution in [0.15, 0.2) is 51.9 Å². The lowest BCUT2D eigenvalue weighted by Crippen LogP contribution is -2.35. The Labute approximate surface area is 163 Å². The highest BCUT2D eigenvalue weighted by molar-refractivity contribution is 5.88. The van der Waals surface area contributed by atoms with Gasteiger partial charge in [-0.25, -0.2) is 0 Å². The van der Waals surface area contributed by atoms with Crippen LogP contribution >= 0.6 is 0 Å². The third-order valence-electron chi connectivity index (χ3n) is 4.76. The molecule has 4 rings (SSSR count). The van der Waals surface area contributed by atoms with Crippen LogP contribution in [0.3, 0.4) is 0 Å². The normalized spacial score (nSPS) is 24.1. The molecular formula is C20H18O9. The molecule has 0 radical (unpaired) electrons. The van der Waals surface area contributed by atoms with E-state index >= 15 is 0 Å². The van der Waals surface area contributed by atoms with Gasteiger partial charge in [0.15, 0.2) is 0 Å². The van der Waals surface area contributed by atoms with Crippen molar-refractivity contribution in [2.45, 2.75) is 24.6 Å². The maximum absolute atomic E-state index is 12.8. The van der Waals surface area contributed by atoms with Crippen molar-refractivity contribution in [3.05, 3.63) is 52.9 Å². The molecule has 0 amide bonds. The van der Waals surface area contributed by atoms with E-state index in [1.54, 1.807) is 12.1 Å². The highest BCUT2D eigenvalue weighted by Gasteiger charge is 2.44. The summed E-state index contributed by atoms with van der Waals surface area (Å²) in [6.45, 7) is -0.504. The van der Waals surface area contributed by atoms with E-state index in [9.17, 15) is 25.2 Å². The van der Waals surface area contributed by atoms with Gasteiger partial charge in [-0.15, -0.1) is 0 Å². The van der Waals surface area contributed by atoms with E-state index in [0.717, 1.165) is 6.07 Å². The summed E-state index contributed by atoms with van der Waals surface area (Å²) in [6, 6.07) is 8.45. The fourth-order valence-corrected chi connectivity index (χ4v) is 3.21. The van der Waals surface area contributed by atoms with Crippen LogP contribution in [0, 0.1) is 0 Å². The first kappa shape index (κ1) is 19.2. The summed E-state index contributed by atoms with van der Waals surface area (Å²) in [5.74, 6) is -0.322. The molecule has 9 nitrogen and oxygen atoms in total. The number of ether oxygens (including phenoxy) is 2. The molecule has 0 saturated carbocycles. The van der Waals surface area contributed by atoms with Crippen molar-refractivity contribution in [1.82, 2.24) is 0 Å². The summed E-state index contributed by atoms with van der Waals surface area (Å²) in [5.41, 5.74) is 0.266. The highest BCUT2D eigenvalue weighted by atomic mass is 16.7. The van der Waals surface area contributed by atoms with Crippen molar-refractivity contribution >= 4 is 11.0 Å². The van der Waals surface area contributed by atoms with Crippen LogP contribution in [0.2, 0.25) is 0 Å². The fraction of sp³-hybridized carbons (Fsp3) is 0.250. The van der Waals surface area contributed by atoms with Gasteiger partial charge in [-0.1, -0.05) is 12.1 Å². The van der Waals surface area contributed by atoms with Gasteiger partial charge in [-0.2, -0.15) is 0 Å². The van der Waals surface area contributed by atoms with Crippen LogP contribution in [0.4, 0.5) is 0 Å². The van der Waals surface area contributed by atoms with E-state index in [1.807, 2.05) is 0 Å². The van der Waals surface area contributed by atoms with E-state index in [2.05, 4.69) is 0 Å². The van der Waals surface area contributed by atoms with E-state index in [0.29, 0.717) is 5.56 Å². The quantitative estimate of drug-likeness (QED) is 0.425. The van der Waals surface area contributed by atoms with Gasteiger partial charge in [0.2, 0.25) is 11.7 Å². The van der Waals surface area contributed by atoms with Crippen molar-refractivity contribution < 1.29 is 39.4 Å². The van der Waals surface area contributed by atoms with E-state index < -0.39 is 42.4 Å². The summed E-state index contributed by atoms with van der Waals surface area (Å²) >= 11 is 0. The number of aromatic hydroxyl groups is 2. The summed E-state index contributed by atoms with van der Waals surface area (Å²) in [7, 11) is 0. The number of aliphatic hydroxyl groups is 3. The zero-order chi connectivity index (χ0) is 20.7. The number of phenolic OH excluding ortho intramolecular Hbond substituents is 2. The number of hydrogen-bond acceptors (Lipinski definition) is 9. The molecule has 1 aliphatic heterocycles. The molecule has 4 atom stereocenters. The molecule has 2 aromatic carbocycles. The lowest BCUT2D eigenvalue weighted by Gasteiger charge is -2.17. The molecule has 2 heterocycles. The number of aliphatic hydroxyl groups excluding tert-OH is 3. The zero-order valence-electron chi connectivity index (χ0n) is 14.9. The maximum atomic E-state index is 12.8. The van der Waals surface area contributed by atoms with Crippen LogP contribution in [0.5, 0.6) is 17.2 Å². The standard InChI is InChI=1S/C20H18O9/c21-7-15-18(25)19(26)20(29-15)28-11-5-13(23)16-14(6-11)27-8-12(17(16)24)9-1-3-10(22)4-2-9/h1-6,8,15,18-23,25-26H,7H2/t15-,18-,19+,20+/m1/s1. The molecule has 1 aromatic heterocycles. The molecule has 0 aliphatic carbocycles. The molecular weight excluding hydrogens is 384 g/mol. The Morgan fingerprint density at radius 3 is 2.41 bits per heavy atom. The Morgan fingerprint density at radius 1 is 1.03 bits per heavy atom. The molecule has 1 aliphatic rings. The number of rotatable bonds is 4. The average Bonchev–Trinajstić information content (AvgIpc) is 2.96. The molecule has 1 saturated heterocycles. The highest BCUT2D eigenvalue weighted by Crippen LogP contribution is 2.32. The number of fused-ring (bicyclic) bond motifs is 1. The van der Waals surface area contributed by atoms with Gasteiger partial charge < -0.3 is 39.4 Å². The van der Waals surface area contributed by atoms with Crippen molar-refractivity contribution in [3.8, 4) is 28.4 Å². The average molecular weight is 402 g/mol. The second kappa shape index (κ2) is 7.37. The van der Waals surface area contributed by atoms with Gasteiger partial charge in [0.05, 0.1) is 12.2 Å². The minimum absolute atomic E-state index is 0.0328. The first-order chi connectivity index (χ1) is 13.9. The maximum Gasteiger partial charge on any atom is 0.229 e. The van der Waals surface area contributed by atoms with Gasteiger partial charge in [0, 0.05) is 12.1 Å². The van der Waals surface area contributed by atoms with Crippen LogP contribution in [-0.2, 0) is 4.74 Å². The minimum atomic E-state index is -1.41. The van der Waals surface area contributed by atoms with Gasteiger partial charge in [0.25, 0.3) is 0 Å². The molecule has 5 N–H and O–H groups in total. The second-order valence-electron chi connectivity index (χ2n) is 6.67. The Kier molecular flexibility index (Phi) is 4.89. The number of hydrogen-bond donors (Lipinski definition) is 5. The SMILES string of the molecule is O=c1c(-c2ccc(O)cc2)coc2cc(O[C@H]3O[C@H](CO)[C@@H](O)[C@@H]3O)cc(O)c12. The van der Waals surface area contributed by atoms with E-state index in [1.165, 1.54) is 24.5 Å². The Balaban J connectivity index is 1.69. The second-order valence-corrected chi connectivity index (χ2v) is 6.67. The Hall–Kier alpha value is -3.11. The van der Waals surface area contributed by atoms with Crippen molar-refractivity contribution in [3.63, 3.8) is 0 Å². The molecule has 9 heteroatoms. The molecule has 0 unspecified atom stereocenters. The zero-order valence-corrected chi connectivity index (χ0v) is 14.9. The molecule has 1 fully saturated rings. The Bertz CT molecular complexity index is 1090. The largest absolute Gasteiger partial charge is 0.508 e. The lowest BCUT2D eigenvalue weighted by molar-refractivity contribution is -0.116. The predicted octanol–water partition coefficient (Wildman–Crippen LogP) is 0.689. The number of phenols is 2. The molecule has 0 spiro atoms. The third kappa shape index (κ3) is 3.40. The molecule has 152 valence electrons. The van der Waals surface area contributed by atoms with Gasteiger partial charge in [-0.05, 0) is 17.7 Å². The van der Waals surface area contributed by atoms with Gasteiger partial charge >= 0.3 is 0 Å². The summed E-state index contributed by atoms with van der Waals surface area (Å²) in [5, 5.41) is 48.6. The molecule has 29 heavy (non-hydrogen) atoms. The lowest BCUT2D eigenvalue weighted by atomic mass is 10.0. The van der Waals surface area contributed by atoms with Crippen LogP contribution in [0.1, 0.15) is 0 Å². The molecule has 0 bridgehead atoms. The van der Waals surface area contributed by atoms with E-state index in [4.69, 9.17) is 19.0 Å². The van der Waals surface area contributed by atoms with Crippen molar-refractivity contribution in [2.75, 3.05) is 6.61 Å². The van der Waals surface area contributed by atoms with Gasteiger partial charge in [-0.3, -0.25) is 4.79 Å². The number of benzene rings is 2. The topological polar surface area (TPSA) is 150 Å². The fourth-order valence-electron chi connectivity index (χ4n) is 3.21. The third-order valence-corrected chi connectivity index (χ3v) is 4.76. The predicted molar refractivity (Wildman–Crippen MR) is 99.6 cm³/mol. The molecule has 3 aromatic rings. The smallest absolute Gasteiger partial charge is 0.229 e. The summed E-state index contributed by atoms with van der Waals surface area (Å²) in [6.07, 6.45) is -3.79. The minimum Gasteiger partial charge on any atom is -0.508 e.